The lowest BCUT2D eigenvalue weighted by atomic mass is 10.0. The fourth-order valence-electron chi connectivity index (χ4n) is 2.66. The van der Waals surface area contributed by atoms with E-state index in [1.165, 1.54) is 0 Å². The van der Waals surface area contributed by atoms with E-state index in [-0.39, 0.29) is 30.6 Å². The van der Waals surface area contributed by atoms with Crippen molar-refractivity contribution in [3.63, 3.8) is 0 Å². The van der Waals surface area contributed by atoms with Gasteiger partial charge in [0.05, 0.1) is 6.04 Å². The molecule has 0 aromatic rings. The smallest absolute Gasteiger partial charge is 0.326 e. The second-order valence-corrected chi connectivity index (χ2v) is 9.06. The minimum atomic E-state index is -1.19. The number of carboxylic acid groups (broad SMARTS) is 1. The Kier molecular flexibility index (Phi) is 15.3. The Morgan fingerprint density at radius 2 is 1.58 bits per heavy atom. The van der Waals surface area contributed by atoms with E-state index >= 15 is 0 Å². The van der Waals surface area contributed by atoms with Crippen molar-refractivity contribution in [1.82, 2.24) is 16.0 Å². The molecule has 33 heavy (non-hydrogen) atoms. The van der Waals surface area contributed by atoms with Gasteiger partial charge in [-0.25, -0.2) is 4.79 Å². The number of carbonyl (C=O) groups is 4. The van der Waals surface area contributed by atoms with Crippen LogP contribution in [0.1, 0.15) is 33.1 Å². The molecule has 14 heteroatoms. The number of nitrogens with one attached hydrogen (secondary N) is 3. The highest BCUT2D eigenvalue weighted by Crippen LogP contribution is 2.06. The first-order chi connectivity index (χ1) is 15.4. The number of amides is 3. The minimum absolute atomic E-state index is 0.0289. The molecular formula is C19H37N7O5S2. The van der Waals surface area contributed by atoms with Gasteiger partial charge in [0.2, 0.25) is 17.7 Å². The Bertz CT molecular complexity index is 689. The highest BCUT2D eigenvalue weighted by Gasteiger charge is 2.30. The summed E-state index contributed by atoms with van der Waals surface area (Å²) in [5, 5.41) is 16.9. The number of carbonyl (C=O) groups excluding carboxylic acids is 3. The molecule has 10 N–H and O–H groups in total. The molecule has 0 rings (SSSR count). The normalized spacial score (nSPS) is 14.5. The fraction of sp³-hybridized carbons (Fsp3) is 0.737. The van der Waals surface area contributed by atoms with Gasteiger partial charge < -0.3 is 38.3 Å². The van der Waals surface area contributed by atoms with Crippen molar-refractivity contribution in [2.45, 2.75) is 57.3 Å². The van der Waals surface area contributed by atoms with E-state index in [9.17, 15) is 24.3 Å². The predicted molar refractivity (Wildman–Crippen MR) is 133 cm³/mol. The molecular weight excluding hydrogens is 470 g/mol. The van der Waals surface area contributed by atoms with Gasteiger partial charge in [-0.2, -0.15) is 24.4 Å². The molecule has 0 saturated heterocycles. The van der Waals surface area contributed by atoms with E-state index in [4.69, 9.17) is 17.2 Å². The molecule has 0 saturated carbocycles. The lowest BCUT2D eigenvalue weighted by Gasteiger charge is -2.25. The molecule has 0 aromatic carbocycles. The van der Waals surface area contributed by atoms with E-state index in [0.717, 1.165) is 0 Å². The SMILES string of the molecule is CSCCC(N)C(=O)NC(CS)C(=O)NC(CCCN=C(N)N)C(=O)NC(C(=O)O)C(C)C. The number of nitrogens with two attached hydrogens (primary N) is 3. The van der Waals surface area contributed by atoms with Crippen molar-refractivity contribution >= 4 is 54.0 Å². The maximum absolute atomic E-state index is 12.8. The Morgan fingerprint density at radius 1 is 1.00 bits per heavy atom. The Balaban J connectivity index is 5.33. The Hall–Kier alpha value is -2.19. The Morgan fingerprint density at radius 3 is 2.06 bits per heavy atom. The van der Waals surface area contributed by atoms with Crippen molar-refractivity contribution < 1.29 is 24.3 Å². The third kappa shape index (κ3) is 12.6. The van der Waals surface area contributed by atoms with Crippen LogP contribution in [0.25, 0.3) is 0 Å². The summed E-state index contributed by atoms with van der Waals surface area (Å²) in [5.41, 5.74) is 16.4. The number of thiol groups is 1. The first-order valence-electron chi connectivity index (χ1n) is 10.5. The van der Waals surface area contributed by atoms with Gasteiger partial charge in [-0.1, -0.05) is 13.8 Å². The third-order valence-corrected chi connectivity index (χ3v) is 5.60. The van der Waals surface area contributed by atoms with Crippen LogP contribution in [0.15, 0.2) is 4.99 Å². The van der Waals surface area contributed by atoms with Gasteiger partial charge in [-0.3, -0.25) is 19.4 Å². The predicted octanol–water partition coefficient (Wildman–Crippen LogP) is -1.75. The van der Waals surface area contributed by atoms with Crippen molar-refractivity contribution in [3.8, 4) is 0 Å². The molecule has 0 fully saturated rings. The van der Waals surface area contributed by atoms with Crippen LogP contribution in [0.2, 0.25) is 0 Å². The van der Waals surface area contributed by atoms with E-state index in [1.54, 1.807) is 25.6 Å². The Labute approximate surface area is 204 Å². The monoisotopic (exact) mass is 507 g/mol. The van der Waals surface area contributed by atoms with Crippen LogP contribution in [0.4, 0.5) is 0 Å². The second kappa shape index (κ2) is 16.4. The fourth-order valence-corrected chi connectivity index (χ4v) is 3.41. The summed E-state index contributed by atoms with van der Waals surface area (Å²) in [5.74, 6) is -2.84. The molecule has 0 bridgehead atoms. The molecule has 0 aliphatic heterocycles. The minimum Gasteiger partial charge on any atom is -0.480 e. The van der Waals surface area contributed by atoms with Gasteiger partial charge in [0, 0.05) is 12.3 Å². The van der Waals surface area contributed by atoms with Crippen molar-refractivity contribution in [3.05, 3.63) is 0 Å². The number of thioether (sulfide) groups is 1. The highest BCUT2D eigenvalue weighted by molar-refractivity contribution is 7.98. The van der Waals surface area contributed by atoms with Crippen molar-refractivity contribution in [2.24, 2.45) is 28.1 Å². The molecule has 0 radical (unpaired) electrons. The van der Waals surface area contributed by atoms with Crippen molar-refractivity contribution in [1.29, 1.82) is 0 Å². The van der Waals surface area contributed by atoms with Crippen LogP contribution >= 0.6 is 24.4 Å². The van der Waals surface area contributed by atoms with Gasteiger partial charge in [-0.15, -0.1) is 0 Å². The molecule has 4 unspecified atom stereocenters. The summed E-state index contributed by atoms with van der Waals surface area (Å²) in [7, 11) is 0. The average molecular weight is 508 g/mol. The van der Waals surface area contributed by atoms with Crippen LogP contribution in [0.3, 0.4) is 0 Å². The van der Waals surface area contributed by atoms with Gasteiger partial charge in [0.25, 0.3) is 0 Å². The molecule has 0 aliphatic rings. The van der Waals surface area contributed by atoms with Crippen molar-refractivity contribution in [2.75, 3.05) is 24.3 Å². The molecule has 0 aliphatic carbocycles. The number of aliphatic carboxylic acids is 1. The van der Waals surface area contributed by atoms with Crippen LogP contribution < -0.4 is 33.2 Å². The lowest BCUT2D eigenvalue weighted by molar-refractivity contribution is -0.143. The molecule has 0 heterocycles. The quantitative estimate of drug-likeness (QED) is 0.0513. The lowest BCUT2D eigenvalue weighted by Crippen LogP contribution is -2.58. The first kappa shape index (κ1) is 30.8. The molecule has 3 amide bonds. The van der Waals surface area contributed by atoms with E-state index < -0.39 is 47.9 Å². The molecule has 0 spiro atoms. The molecule has 190 valence electrons. The highest BCUT2D eigenvalue weighted by atomic mass is 32.2. The third-order valence-electron chi connectivity index (χ3n) is 4.59. The number of rotatable bonds is 16. The second-order valence-electron chi connectivity index (χ2n) is 7.71. The maximum atomic E-state index is 12.8. The number of guanidine groups is 1. The average Bonchev–Trinajstić information content (AvgIpc) is 2.74. The molecule has 12 nitrogen and oxygen atoms in total. The number of hydrogen-bond acceptors (Lipinski definition) is 8. The standard InChI is InChI=1S/C19H37N7O5S2/c1-10(2)14(18(30)31)26-16(28)12(5-4-7-23-19(21)22)24-17(29)13(9-32)25-15(27)11(20)6-8-33-3/h10-14,32H,4-9,20H2,1-3H3,(H,24,29)(H,25,27)(H,26,28)(H,30,31)(H4,21,22,23). The van der Waals surface area contributed by atoms with Crippen LogP contribution in [0.5, 0.6) is 0 Å². The summed E-state index contributed by atoms with van der Waals surface area (Å²) in [6.45, 7) is 3.52. The van der Waals surface area contributed by atoms with Crippen LogP contribution in [-0.4, -0.2) is 83.2 Å². The van der Waals surface area contributed by atoms with Gasteiger partial charge >= 0.3 is 5.97 Å². The largest absolute Gasteiger partial charge is 0.480 e. The summed E-state index contributed by atoms with van der Waals surface area (Å²) in [4.78, 5) is 53.1. The zero-order chi connectivity index (χ0) is 25.6. The van der Waals surface area contributed by atoms with E-state index in [1.807, 2.05) is 6.26 Å². The van der Waals surface area contributed by atoms with Gasteiger partial charge in [-0.05, 0) is 37.2 Å². The summed E-state index contributed by atoms with van der Waals surface area (Å²) < 4.78 is 0. The summed E-state index contributed by atoms with van der Waals surface area (Å²) >= 11 is 5.66. The molecule has 4 atom stereocenters. The van der Waals surface area contributed by atoms with E-state index in [2.05, 4.69) is 33.6 Å². The van der Waals surface area contributed by atoms with Crippen LogP contribution in [-0.2, 0) is 19.2 Å². The molecule has 0 aromatic heterocycles. The van der Waals surface area contributed by atoms with Gasteiger partial charge in [0.15, 0.2) is 5.96 Å². The summed E-state index contributed by atoms with van der Waals surface area (Å²) in [6, 6.07) is -4.02. The first-order valence-corrected chi connectivity index (χ1v) is 12.5. The number of carboxylic acids is 1. The number of aliphatic imine (C=N–C) groups is 1. The van der Waals surface area contributed by atoms with Crippen LogP contribution in [0, 0.1) is 5.92 Å². The number of nitrogens with zero attached hydrogens (tertiary/aromatic N) is 1. The maximum Gasteiger partial charge on any atom is 0.326 e. The van der Waals surface area contributed by atoms with Gasteiger partial charge in [0.1, 0.15) is 18.1 Å². The zero-order valence-electron chi connectivity index (χ0n) is 19.2. The zero-order valence-corrected chi connectivity index (χ0v) is 21.0. The number of hydrogen-bond donors (Lipinski definition) is 8. The van der Waals surface area contributed by atoms with E-state index in [0.29, 0.717) is 18.6 Å². The topological polar surface area (TPSA) is 215 Å². The summed E-state index contributed by atoms with van der Waals surface area (Å²) in [6.07, 6.45) is 2.81.